The maximum Gasteiger partial charge on any atom is 0.125 e. The first-order valence-electron chi connectivity index (χ1n) is 6.11. The van der Waals surface area contributed by atoms with Gasteiger partial charge in [-0.1, -0.05) is 23.5 Å². The van der Waals surface area contributed by atoms with Crippen LogP contribution < -0.4 is 5.32 Å². The van der Waals surface area contributed by atoms with E-state index in [-0.39, 0.29) is 0 Å². The molecule has 0 bridgehead atoms. The molecular formula is C14H13N3S. The van der Waals surface area contributed by atoms with Crippen LogP contribution >= 0.6 is 11.3 Å². The first-order valence-corrected chi connectivity index (χ1v) is 6.92. The zero-order valence-electron chi connectivity index (χ0n) is 9.94. The second-order valence-corrected chi connectivity index (χ2v) is 5.37. The van der Waals surface area contributed by atoms with Crippen molar-refractivity contribution in [2.24, 2.45) is 0 Å². The second kappa shape index (κ2) is 4.79. The summed E-state index contributed by atoms with van der Waals surface area (Å²) >= 11 is 1.69. The van der Waals surface area contributed by atoms with E-state index >= 15 is 0 Å². The molecular weight excluding hydrogens is 242 g/mol. The van der Waals surface area contributed by atoms with Crippen molar-refractivity contribution in [2.75, 3.05) is 11.9 Å². The number of nitrogens with one attached hydrogen (secondary N) is 1. The van der Waals surface area contributed by atoms with Gasteiger partial charge in [-0.05, 0) is 31.4 Å². The molecule has 0 spiro atoms. The average molecular weight is 255 g/mol. The molecule has 1 aromatic carbocycles. The lowest BCUT2D eigenvalue weighted by Crippen LogP contribution is -1.96. The molecule has 1 aliphatic heterocycles. The minimum atomic E-state index is 0.686. The number of fused-ring (bicyclic) bond motifs is 1. The van der Waals surface area contributed by atoms with Crippen LogP contribution in [0.3, 0.4) is 0 Å². The Hall–Kier alpha value is -1.86. The van der Waals surface area contributed by atoms with Gasteiger partial charge in [0.15, 0.2) is 0 Å². The highest BCUT2D eigenvalue weighted by Crippen LogP contribution is 2.34. The Morgan fingerprint density at radius 2 is 2.28 bits per heavy atom. The van der Waals surface area contributed by atoms with Crippen molar-refractivity contribution in [3.05, 3.63) is 35.5 Å². The number of benzene rings is 1. The number of aryl methyl sites for hydroxylation is 1. The zero-order chi connectivity index (χ0) is 12.4. The van der Waals surface area contributed by atoms with Gasteiger partial charge < -0.3 is 5.32 Å². The number of nitrogens with zero attached hydrogens (tertiary/aromatic N) is 2. The van der Waals surface area contributed by atoms with Crippen molar-refractivity contribution < 1.29 is 0 Å². The molecule has 2 heterocycles. The number of hydrogen-bond acceptors (Lipinski definition) is 4. The fraction of sp³-hybridized carbons (Fsp3) is 0.286. The van der Waals surface area contributed by atoms with Gasteiger partial charge in [0.25, 0.3) is 0 Å². The molecule has 0 amide bonds. The Morgan fingerprint density at radius 3 is 3.17 bits per heavy atom. The van der Waals surface area contributed by atoms with E-state index in [0.29, 0.717) is 5.56 Å². The summed E-state index contributed by atoms with van der Waals surface area (Å²) in [7, 11) is 0. The molecule has 1 N–H and O–H groups in total. The summed E-state index contributed by atoms with van der Waals surface area (Å²) in [6, 6.07) is 9.81. The van der Waals surface area contributed by atoms with Gasteiger partial charge in [-0.2, -0.15) is 5.26 Å². The van der Waals surface area contributed by atoms with E-state index in [9.17, 15) is 0 Å². The molecule has 0 saturated carbocycles. The minimum Gasteiger partial charge on any atom is -0.375 e. The van der Waals surface area contributed by atoms with Crippen LogP contribution in [-0.2, 0) is 6.42 Å². The lowest BCUT2D eigenvalue weighted by molar-refractivity contribution is 0.775. The molecule has 1 aliphatic rings. The van der Waals surface area contributed by atoms with E-state index in [2.05, 4.69) is 11.4 Å². The van der Waals surface area contributed by atoms with Crippen LogP contribution in [0.25, 0.3) is 10.6 Å². The predicted molar refractivity (Wildman–Crippen MR) is 73.7 cm³/mol. The highest BCUT2D eigenvalue weighted by Gasteiger charge is 2.14. The van der Waals surface area contributed by atoms with Gasteiger partial charge in [0, 0.05) is 12.1 Å². The van der Waals surface area contributed by atoms with Crippen molar-refractivity contribution in [3.63, 3.8) is 0 Å². The maximum atomic E-state index is 8.93. The summed E-state index contributed by atoms with van der Waals surface area (Å²) in [6.45, 7) is 1.03. The van der Waals surface area contributed by atoms with Crippen LogP contribution in [0.4, 0.5) is 5.00 Å². The third-order valence-corrected chi connectivity index (χ3v) is 4.17. The molecule has 0 fully saturated rings. The topological polar surface area (TPSA) is 48.7 Å². The van der Waals surface area contributed by atoms with Crippen molar-refractivity contribution >= 4 is 16.3 Å². The van der Waals surface area contributed by atoms with Gasteiger partial charge in [0.1, 0.15) is 10.0 Å². The summed E-state index contributed by atoms with van der Waals surface area (Å²) in [5.41, 5.74) is 2.90. The molecule has 0 aliphatic carbocycles. The first-order chi connectivity index (χ1) is 8.86. The summed E-state index contributed by atoms with van der Waals surface area (Å²) in [4.78, 5) is 4.70. The van der Waals surface area contributed by atoms with Crippen molar-refractivity contribution in [3.8, 4) is 16.6 Å². The van der Waals surface area contributed by atoms with Gasteiger partial charge in [-0.15, -0.1) is 0 Å². The van der Waals surface area contributed by atoms with Gasteiger partial charge in [0.2, 0.25) is 0 Å². The van der Waals surface area contributed by atoms with Gasteiger partial charge in [0.05, 0.1) is 17.3 Å². The number of anilines is 1. The average Bonchev–Trinajstić information content (AvgIpc) is 2.70. The molecule has 3 nitrogen and oxygen atoms in total. The predicted octanol–water partition coefficient (Wildman–Crippen LogP) is 3.43. The molecule has 1 aromatic heterocycles. The fourth-order valence-corrected chi connectivity index (χ4v) is 3.16. The largest absolute Gasteiger partial charge is 0.375 e. The third kappa shape index (κ3) is 2.09. The maximum absolute atomic E-state index is 8.93. The minimum absolute atomic E-state index is 0.686. The molecule has 2 aromatic rings. The molecule has 4 heteroatoms. The Balaban J connectivity index is 1.99. The van der Waals surface area contributed by atoms with Crippen LogP contribution in [0.5, 0.6) is 0 Å². The molecule has 18 heavy (non-hydrogen) atoms. The smallest absolute Gasteiger partial charge is 0.125 e. The molecule has 0 atom stereocenters. The highest BCUT2D eigenvalue weighted by atomic mass is 32.1. The Kier molecular flexibility index (Phi) is 2.99. The van der Waals surface area contributed by atoms with E-state index in [4.69, 9.17) is 10.2 Å². The molecule has 0 unspecified atom stereocenters. The number of hydrogen-bond donors (Lipinski definition) is 1. The van der Waals surface area contributed by atoms with Crippen LogP contribution in [0, 0.1) is 11.3 Å². The van der Waals surface area contributed by atoms with E-state index in [0.717, 1.165) is 23.5 Å². The van der Waals surface area contributed by atoms with Crippen molar-refractivity contribution in [1.82, 2.24) is 4.98 Å². The molecule has 0 saturated heterocycles. The normalized spacial score (nSPS) is 14.2. The zero-order valence-corrected chi connectivity index (χ0v) is 10.8. The Morgan fingerprint density at radius 1 is 1.33 bits per heavy atom. The molecule has 0 radical (unpaired) electrons. The number of aromatic nitrogens is 1. The van der Waals surface area contributed by atoms with E-state index < -0.39 is 0 Å². The van der Waals surface area contributed by atoms with Crippen LogP contribution in [-0.4, -0.2) is 11.5 Å². The standard InChI is InChI=1S/C14H13N3S/c15-9-10-4-3-5-11(8-10)13-17-12-6-1-2-7-16-14(12)18-13/h3-5,8,16H,1-2,6-7H2. The first kappa shape index (κ1) is 11.2. The van der Waals surface area contributed by atoms with Crippen LogP contribution in [0.1, 0.15) is 24.1 Å². The SMILES string of the molecule is N#Cc1cccc(-c2nc3c(s2)NCCCC3)c1. The highest BCUT2D eigenvalue weighted by molar-refractivity contribution is 7.19. The number of nitriles is 1. The lowest BCUT2D eigenvalue weighted by Gasteiger charge is -1.98. The van der Waals surface area contributed by atoms with E-state index in [1.165, 1.54) is 23.5 Å². The number of thiazole rings is 1. The van der Waals surface area contributed by atoms with Gasteiger partial charge >= 0.3 is 0 Å². The summed E-state index contributed by atoms with van der Waals surface area (Å²) in [5, 5.41) is 14.6. The lowest BCUT2D eigenvalue weighted by atomic mass is 10.1. The van der Waals surface area contributed by atoms with E-state index in [1.807, 2.05) is 24.3 Å². The molecule has 90 valence electrons. The third-order valence-electron chi connectivity index (χ3n) is 3.06. The van der Waals surface area contributed by atoms with Crippen LogP contribution in [0.2, 0.25) is 0 Å². The van der Waals surface area contributed by atoms with E-state index in [1.54, 1.807) is 11.3 Å². The van der Waals surface area contributed by atoms with Crippen molar-refractivity contribution in [2.45, 2.75) is 19.3 Å². The summed E-state index contributed by atoms with van der Waals surface area (Å²) in [5.74, 6) is 0. The quantitative estimate of drug-likeness (QED) is 0.849. The van der Waals surface area contributed by atoms with Gasteiger partial charge in [-0.25, -0.2) is 4.98 Å². The Labute approximate surface area is 110 Å². The molecule has 3 rings (SSSR count). The van der Waals surface area contributed by atoms with Crippen LogP contribution in [0.15, 0.2) is 24.3 Å². The summed E-state index contributed by atoms with van der Waals surface area (Å²) < 4.78 is 0. The number of rotatable bonds is 1. The van der Waals surface area contributed by atoms with Gasteiger partial charge in [-0.3, -0.25) is 0 Å². The Bertz CT molecular complexity index is 586. The second-order valence-electron chi connectivity index (χ2n) is 4.37. The summed E-state index contributed by atoms with van der Waals surface area (Å²) in [6.07, 6.45) is 3.46. The monoisotopic (exact) mass is 255 g/mol. The fourth-order valence-electron chi connectivity index (χ4n) is 2.12. The van der Waals surface area contributed by atoms with Crippen molar-refractivity contribution in [1.29, 1.82) is 5.26 Å².